The lowest BCUT2D eigenvalue weighted by Gasteiger charge is -2.24. The van der Waals surface area contributed by atoms with Crippen LogP contribution in [-0.2, 0) is 14.4 Å². The van der Waals surface area contributed by atoms with E-state index in [0.717, 1.165) is 12.8 Å². The highest BCUT2D eigenvalue weighted by molar-refractivity contribution is 5.77. The second kappa shape index (κ2) is 4.75. The Labute approximate surface area is 84.9 Å². The molecule has 1 amide bonds. The van der Waals surface area contributed by atoms with Crippen LogP contribution < -0.4 is 5.48 Å². The molecule has 0 bridgehead atoms. The minimum atomic E-state index is -0.333. The van der Waals surface area contributed by atoms with Crippen molar-refractivity contribution in [1.29, 1.82) is 0 Å². The van der Waals surface area contributed by atoms with E-state index >= 15 is 0 Å². The number of nitrogens with one attached hydrogen (secondary N) is 1. The molecule has 0 atom stereocenters. The third-order valence-corrected chi connectivity index (χ3v) is 2.05. The van der Waals surface area contributed by atoms with Crippen molar-refractivity contribution in [2.24, 2.45) is 5.92 Å². The molecular weight excluding hydrogens is 182 g/mol. The topological polar surface area (TPSA) is 47.6 Å². The van der Waals surface area contributed by atoms with Gasteiger partial charge in [0.15, 0.2) is 0 Å². The van der Waals surface area contributed by atoms with Crippen LogP contribution in [0, 0.1) is 5.92 Å². The Kier molecular flexibility index (Phi) is 3.89. The van der Waals surface area contributed by atoms with Crippen molar-refractivity contribution in [3.8, 4) is 0 Å². The number of hydrogen-bond acceptors (Lipinski definition) is 3. The molecule has 0 aromatic rings. The van der Waals surface area contributed by atoms with Crippen LogP contribution in [0.3, 0.4) is 0 Å². The maximum Gasteiger partial charge on any atom is 0.246 e. The molecule has 0 aromatic carbocycles. The van der Waals surface area contributed by atoms with Crippen LogP contribution in [0.4, 0.5) is 0 Å². The van der Waals surface area contributed by atoms with Gasteiger partial charge in [-0.1, -0.05) is 0 Å². The lowest BCUT2D eigenvalue weighted by molar-refractivity contribution is -0.152. The normalized spacial score (nSPS) is 19.4. The first-order chi connectivity index (χ1) is 6.49. The molecule has 1 N–H and O–H groups in total. The van der Waals surface area contributed by atoms with E-state index in [9.17, 15) is 4.79 Å². The van der Waals surface area contributed by atoms with Gasteiger partial charge in [-0.3, -0.25) is 9.63 Å². The van der Waals surface area contributed by atoms with Crippen LogP contribution in [0.2, 0.25) is 0 Å². The fraction of sp³-hybridized carbons (Fsp3) is 0.900. The van der Waals surface area contributed by atoms with Crippen molar-refractivity contribution in [3.63, 3.8) is 0 Å². The van der Waals surface area contributed by atoms with E-state index in [4.69, 9.17) is 9.57 Å². The van der Waals surface area contributed by atoms with Crippen molar-refractivity contribution in [2.75, 3.05) is 13.2 Å². The van der Waals surface area contributed by atoms with E-state index in [1.807, 2.05) is 20.8 Å². The maximum absolute atomic E-state index is 11.6. The fourth-order valence-corrected chi connectivity index (χ4v) is 1.25. The van der Waals surface area contributed by atoms with Crippen molar-refractivity contribution >= 4 is 5.91 Å². The summed E-state index contributed by atoms with van der Waals surface area (Å²) in [5.41, 5.74) is 2.17. The number of hydrogen-bond donors (Lipinski definition) is 1. The molecule has 1 heterocycles. The maximum atomic E-state index is 11.6. The number of carbonyl (C=O) groups is 1. The molecule has 1 aliphatic heterocycles. The highest BCUT2D eigenvalue weighted by Crippen LogP contribution is 2.15. The van der Waals surface area contributed by atoms with E-state index in [1.165, 1.54) is 0 Å². The van der Waals surface area contributed by atoms with Gasteiger partial charge in [-0.2, -0.15) is 0 Å². The zero-order valence-corrected chi connectivity index (χ0v) is 9.13. The molecule has 1 rings (SSSR count). The van der Waals surface area contributed by atoms with Crippen molar-refractivity contribution < 1.29 is 14.4 Å². The smallest absolute Gasteiger partial charge is 0.246 e. The third kappa shape index (κ3) is 4.07. The Balaban J connectivity index is 2.27. The molecule has 1 aliphatic rings. The largest absolute Gasteiger partial charge is 0.381 e. The van der Waals surface area contributed by atoms with Gasteiger partial charge in [-0.25, -0.2) is 5.48 Å². The molecule has 0 aliphatic carbocycles. The monoisotopic (exact) mass is 201 g/mol. The van der Waals surface area contributed by atoms with Crippen LogP contribution in [0.25, 0.3) is 0 Å². The SMILES string of the molecule is CC(C)(C)ONC(=O)C1CCOCC1. The molecule has 82 valence electrons. The van der Waals surface area contributed by atoms with E-state index in [0.29, 0.717) is 13.2 Å². The number of carbonyl (C=O) groups excluding carboxylic acids is 1. The summed E-state index contributed by atoms with van der Waals surface area (Å²) in [6, 6.07) is 0. The summed E-state index contributed by atoms with van der Waals surface area (Å²) in [4.78, 5) is 16.8. The average molecular weight is 201 g/mol. The number of hydroxylamine groups is 1. The van der Waals surface area contributed by atoms with Gasteiger partial charge in [0, 0.05) is 19.1 Å². The van der Waals surface area contributed by atoms with Gasteiger partial charge in [-0.15, -0.1) is 0 Å². The van der Waals surface area contributed by atoms with Crippen LogP contribution in [0.5, 0.6) is 0 Å². The molecule has 0 radical (unpaired) electrons. The van der Waals surface area contributed by atoms with Crippen LogP contribution in [0.1, 0.15) is 33.6 Å². The van der Waals surface area contributed by atoms with E-state index in [-0.39, 0.29) is 17.4 Å². The van der Waals surface area contributed by atoms with Crippen LogP contribution in [-0.4, -0.2) is 24.7 Å². The summed E-state index contributed by atoms with van der Waals surface area (Å²) >= 11 is 0. The van der Waals surface area contributed by atoms with Crippen LogP contribution >= 0.6 is 0 Å². The van der Waals surface area contributed by atoms with E-state index < -0.39 is 0 Å². The van der Waals surface area contributed by atoms with Crippen LogP contribution in [0.15, 0.2) is 0 Å². The minimum Gasteiger partial charge on any atom is -0.381 e. The van der Waals surface area contributed by atoms with E-state index in [2.05, 4.69) is 5.48 Å². The Morgan fingerprint density at radius 2 is 1.93 bits per heavy atom. The summed E-state index contributed by atoms with van der Waals surface area (Å²) < 4.78 is 5.17. The number of amides is 1. The predicted octanol–water partition coefficient (Wildman–Crippen LogP) is 1.26. The molecular formula is C10H19NO3. The van der Waals surface area contributed by atoms with Gasteiger partial charge in [-0.05, 0) is 33.6 Å². The Hall–Kier alpha value is -0.610. The highest BCUT2D eigenvalue weighted by Gasteiger charge is 2.23. The second-order valence-corrected chi connectivity index (χ2v) is 4.57. The quantitative estimate of drug-likeness (QED) is 0.684. The van der Waals surface area contributed by atoms with Gasteiger partial charge in [0.25, 0.3) is 0 Å². The molecule has 0 unspecified atom stereocenters. The molecule has 4 heteroatoms. The third-order valence-electron chi connectivity index (χ3n) is 2.05. The molecule has 14 heavy (non-hydrogen) atoms. The molecule has 0 aromatic heterocycles. The van der Waals surface area contributed by atoms with Crippen molar-refractivity contribution in [1.82, 2.24) is 5.48 Å². The van der Waals surface area contributed by atoms with Gasteiger partial charge in [0.2, 0.25) is 5.91 Å². The standard InChI is InChI=1S/C10H19NO3/c1-10(2,3)14-11-9(12)8-4-6-13-7-5-8/h8H,4-7H2,1-3H3,(H,11,12). The molecule has 4 nitrogen and oxygen atoms in total. The average Bonchev–Trinajstić information content (AvgIpc) is 2.14. The summed E-state index contributed by atoms with van der Waals surface area (Å²) in [6.45, 7) is 7.05. The summed E-state index contributed by atoms with van der Waals surface area (Å²) in [7, 11) is 0. The first-order valence-corrected chi connectivity index (χ1v) is 5.04. The Bertz CT molecular complexity index is 192. The van der Waals surface area contributed by atoms with Gasteiger partial charge < -0.3 is 4.74 Å². The number of rotatable bonds is 2. The molecule has 0 saturated carbocycles. The summed E-state index contributed by atoms with van der Waals surface area (Å²) in [5, 5.41) is 0. The minimum absolute atomic E-state index is 0.0248. The first kappa shape index (κ1) is 11.5. The Morgan fingerprint density at radius 1 is 1.36 bits per heavy atom. The molecule has 0 spiro atoms. The van der Waals surface area contributed by atoms with Gasteiger partial charge >= 0.3 is 0 Å². The van der Waals surface area contributed by atoms with Crippen molar-refractivity contribution in [2.45, 2.75) is 39.2 Å². The molecule has 1 fully saturated rings. The predicted molar refractivity (Wildman–Crippen MR) is 52.5 cm³/mol. The fourth-order valence-electron chi connectivity index (χ4n) is 1.25. The van der Waals surface area contributed by atoms with Gasteiger partial charge in [0.05, 0.1) is 5.60 Å². The van der Waals surface area contributed by atoms with Crippen molar-refractivity contribution in [3.05, 3.63) is 0 Å². The number of ether oxygens (including phenoxy) is 1. The lowest BCUT2D eigenvalue weighted by atomic mass is 10.00. The van der Waals surface area contributed by atoms with Gasteiger partial charge in [0.1, 0.15) is 0 Å². The van der Waals surface area contributed by atoms with E-state index in [1.54, 1.807) is 0 Å². The lowest BCUT2D eigenvalue weighted by Crippen LogP contribution is -2.39. The second-order valence-electron chi connectivity index (χ2n) is 4.57. The zero-order valence-electron chi connectivity index (χ0n) is 9.13. The molecule has 1 saturated heterocycles. The summed E-state index contributed by atoms with van der Waals surface area (Å²) in [6.07, 6.45) is 1.58. The highest BCUT2D eigenvalue weighted by atomic mass is 16.7. The summed E-state index contributed by atoms with van der Waals surface area (Å²) in [5.74, 6) is 0.0225. The first-order valence-electron chi connectivity index (χ1n) is 5.04. The Morgan fingerprint density at radius 3 is 2.43 bits per heavy atom. The zero-order chi connectivity index (χ0) is 10.6.